The molecule has 0 bridgehead atoms. The van der Waals surface area contributed by atoms with Gasteiger partial charge in [0.15, 0.2) is 0 Å². The lowest BCUT2D eigenvalue weighted by Crippen LogP contribution is -2.52. The number of nitrogens with zero attached hydrogens (tertiary/aromatic N) is 3. The second kappa shape index (κ2) is 9.49. The van der Waals surface area contributed by atoms with E-state index >= 15 is 0 Å². The molecule has 2 aromatic carbocycles. The first-order valence-corrected chi connectivity index (χ1v) is 9.61. The van der Waals surface area contributed by atoms with Gasteiger partial charge in [0.2, 0.25) is 5.91 Å². The number of methoxy groups -OCH3 is 1. The number of hydrogen-bond acceptors (Lipinski definition) is 6. The minimum atomic E-state index is -0.523. The number of carbonyl (C=O) groups excluding carboxylic acids is 1. The molecule has 1 heterocycles. The van der Waals surface area contributed by atoms with Crippen molar-refractivity contribution in [2.24, 2.45) is 0 Å². The number of amides is 1. The van der Waals surface area contributed by atoms with E-state index in [1.165, 1.54) is 24.8 Å². The van der Waals surface area contributed by atoms with Crippen molar-refractivity contribution in [2.75, 3.05) is 38.6 Å². The van der Waals surface area contributed by atoms with E-state index < -0.39 is 4.92 Å². The van der Waals surface area contributed by atoms with Crippen LogP contribution < -0.4 is 10.1 Å². The molecule has 3 rings (SSSR count). The van der Waals surface area contributed by atoms with Crippen LogP contribution in [0.1, 0.15) is 12.5 Å². The Kier molecular flexibility index (Phi) is 6.79. The monoisotopic (exact) mass is 398 g/mol. The van der Waals surface area contributed by atoms with Crippen LogP contribution in [-0.2, 0) is 11.3 Å². The third-order valence-electron chi connectivity index (χ3n) is 5.24. The number of benzene rings is 2. The Balaban J connectivity index is 1.57. The Morgan fingerprint density at radius 2 is 1.86 bits per heavy atom. The Morgan fingerprint density at radius 3 is 2.48 bits per heavy atom. The van der Waals surface area contributed by atoms with Gasteiger partial charge in [0, 0.05) is 32.7 Å². The van der Waals surface area contributed by atoms with Crippen molar-refractivity contribution in [1.29, 1.82) is 0 Å². The van der Waals surface area contributed by atoms with Gasteiger partial charge >= 0.3 is 0 Å². The van der Waals surface area contributed by atoms with Gasteiger partial charge < -0.3 is 10.1 Å². The van der Waals surface area contributed by atoms with E-state index in [0.717, 1.165) is 32.7 Å². The Morgan fingerprint density at radius 1 is 1.17 bits per heavy atom. The average molecular weight is 398 g/mol. The molecule has 1 aliphatic heterocycles. The SMILES string of the molecule is COc1ccc(NC(=O)C(C)N2CCN(Cc3ccccc3)CC2)c([N+](=O)[O-])c1. The van der Waals surface area contributed by atoms with Crippen molar-refractivity contribution < 1.29 is 14.5 Å². The summed E-state index contributed by atoms with van der Waals surface area (Å²) in [5, 5.41) is 14.0. The maximum Gasteiger partial charge on any atom is 0.296 e. The summed E-state index contributed by atoms with van der Waals surface area (Å²) in [7, 11) is 1.44. The minimum Gasteiger partial charge on any atom is -0.496 e. The predicted molar refractivity (Wildman–Crippen MR) is 111 cm³/mol. The first-order chi connectivity index (χ1) is 14.0. The molecule has 154 valence electrons. The number of hydrogen-bond donors (Lipinski definition) is 1. The Hall–Kier alpha value is -2.97. The van der Waals surface area contributed by atoms with Gasteiger partial charge in [-0.25, -0.2) is 0 Å². The maximum atomic E-state index is 12.7. The number of ether oxygens (including phenoxy) is 1. The number of rotatable bonds is 7. The lowest BCUT2D eigenvalue weighted by atomic mass is 10.1. The molecule has 8 heteroatoms. The van der Waals surface area contributed by atoms with Gasteiger partial charge in [0.1, 0.15) is 11.4 Å². The lowest BCUT2D eigenvalue weighted by Gasteiger charge is -2.37. The maximum absolute atomic E-state index is 12.7. The first-order valence-electron chi connectivity index (χ1n) is 9.61. The number of nitro benzene ring substituents is 1. The van der Waals surface area contributed by atoms with Crippen LogP contribution in [0.5, 0.6) is 5.75 Å². The summed E-state index contributed by atoms with van der Waals surface area (Å²) >= 11 is 0. The number of carbonyl (C=O) groups is 1. The smallest absolute Gasteiger partial charge is 0.296 e. The highest BCUT2D eigenvalue weighted by molar-refractivity contribution is 5.96. The van der Waals surface area contributed by atoms with Crippen LogP contribution in [0.4, 0.5) is 11.4 Å². The molecule has 1 atom stereocenters. The van der Waals surface area contributed by atoms with Gasteiger partial charge in [-0.05, 0) is 24.6 Å². The van der Waals surface area contributed by atoms with Gasteiger partial charge in [-0.15, -0.1) is 0 Å². The molecule has 1 saturated heterocycles. The zero-order chi connectivity index (χ0) is 20.8. The summed E-state index contributed by atoms with van der Waals surface area (Å²) in [6.45, 7) is 6.01. The fourth-order valence-electron chi connectivity index (χ4n) is 3.45. The molecule has 1 unspecified atom stereocenters. The predicted octanol–water partition coefficient (Wildman–Crippen LogP) is 2.75. The quantitative estimate of drug-likeness (QED) is 0.570. The van der Waals surface area contributed by atoms with E-state index in [1.54, 1.807) is 6.07 Å². The average Bonchev–Trinajstić information content (AvgIpc) is 2.74. The van der Waals surface area contributed by atoms with Crippen molar-refractivity contribution >= 4 is 17.3 Å². The molecule has 8 nitrogen and oxygen atoms in total. The molecular weight excluding hydrogens is 372 g/mol. The number of nitro groups is 1. The van der Waals surface area contributed by atoms with E-state index in [-0.39, 0.29) is 23.3 Å². The van der Waals surface area contributed by atoms with Crippen molar-refractivity contribution in [1.82, 2.24) is 9.80 Å². The molecule has 0 radical (unpaired) electrons. The summed E-state index contributed by atoms with van der Waals surface area (Å²) in [5.74, 6) is 0.118. The highest BCUT2D eigenvalue weighted by Gasteiger charge is 2.27. The minimum absolute atomic E-state index is 0.176. The fourth-order valence-corrected chi connectivity index (χ4v) is 3.45. The topological polar surface area (TPSA) is 88.0 Å². The van der Waals surface area contributed by atoms with E-state index in [4.69, 9.17) is 4.74 Å². The van der Waals surface area contributed by atoms with Crippen molar-refractivity contribution in [3.8, 4) is 5.75 Å². The summed E-state index contributed by atoms with van der Waals surface area (Å²) in [6, 6.07) is 14.3. The molecular formula is C21H26N4O4. The molecule has 0 aliphatic carbocycles. The third kappa shape index (κ3) is 5.30. The molecule has 0 saturated carbocycles. The Labute approximate surface area is 170 Å². The normalized spacial score (nSPS) is 16.2. The molecule has 0 spiro atoms. The van der Waals surface area contributed by atoms with Crippen LogP contribution in [0.3, 0.4) is 0 Å². The highest BCUT2D eigenvalue weighted by Crippen LogP contribution is 2.29. The van der Waals surface area contributed by atoms with Crippen LogP contribution in [-0.4, -0.2) is 60.0 Å². The molecule has 1 fully saturated rings. The summed E-state index contributed by atoms with van der Waals surface area (Å²) in [4.78, 5) is 28.0. The molecule has 0 aromatic heterocycles. The molecule has 1 amide bonds. The fraction of sp³-hybridized carbons (Fsp3) is 0.381. The zero-order valence-electron chi connectivity index (χ0n) is 16.7. The van der Waals surface area contributed by atoms with Gasteiger partial charge in [-0.3, -0.25) is 24.7 Å². The van der Waals surface area contributed by atoms with Gasteiger partial charge in [0.05, 0.1) is 24.1 Å². The van der Waals surface area contributed by atoms with Crippen LogP contribution in [0.25, 0.3) is 0 Å². The standard InChI is InChI=1S/C21H26N4O4/c1-16(21(26)22-19-9-8-18(29-2)14-20(19)25(27)28)24-12-10-23(11-13-24)15-17-6-4-3-5-7-17/h3-9,14,16H,10-13,15H2,1-2H3,(H,22,26). The molecule has 2 aromatic rings. The zero-order valence-corrected chi connectivity index (χ0v) is 16.7. The van der Waals surface area contributed by atoms with Gasteiger partial charge in [0.25, 0.3) is 5.69 Å². The lowest BCUT2D eigenvalue weighted by molar-refractivity contribution is -0.384. The van der Waals surface area contributed by atoms with E-state index in [1.807, 2.05) is 25.1 Å². The molecule has 1 N–H and O–H groups in total. The second-order valence-electron chi connectivity index (χ2n) is 7.10. The van der Waals surface area contributed by atoms with E-state index in [9.17, 15) is 14.9 Å². The Bertz CT molecular complexity index is 851. The first kappa shape index (κ1) is 20.8. The number of nitrogens with one attached hydrogen (secondary N) is 1. The van der Waals surface area contributed by atoms with Crippen molar-refractivity contribution in [3.63, 3.8) is 0 Å². The number of anilines is 1. The van der Waals surface area contributed by atoms with Crippen LogP contribution in [0, 0.1) is 10.1 Å². The number of piperazine rings is 1. The van der Waals surface area contributed by atoms with Gasteiger partial charge in [-0.2, -0.15) is 0 Å². The largest absolute Gasteiger partial charge is 0.496 e. The highest BCUT2D eigenvalue weighted by atomic mass is 16.6. The van der Waals surface area contributed by atoms with E-state index in [2.05, 4.69) is 27.2 Å². The second-order valence-corrected chi connectivity index (χ2v) is 7.10. The van der Waals surface area contributed by atoms with Crippen LogP contribution in [0.15, 0.2) is 48.5 Å². The van der Waals surface area contributed by atoms with Crippen molar-refractivity contribution in [3.05, 3.63) is 64.2 Å². The van der Waals surface area contributed by atoms with E-state index in [0.29, 0.717) is 5.75 Å². The summed E-state index contributed by atoms with van der Waals surface area (Å²) in [5.41, 5.74) is 1.27. The van der Waals surface area contributed by atoms with Crippen molar-refractivity contribution in [2.45, 2.75) is 19.5 Å². The van der Waals surface area contributed by atoms with Crippen LogP contribution >= 0.6 is 0 Å². The third-order valence-corrected chi connectivity index (χ3v) is 5.24. The summed E-state index contributed by atoms with van der Waals surface area (Å²) in [6.07, 6.45) is 0. The van der Waals surface area contributed by atoms with Crippen LogP contribution in [0.2, 0.25) is 0 Å². The molecule has 29 heavy (non-hydrogen) atoms. The summed E-state index contributed by atoms with van der Waals surface area (Å²) < 4.78 is 5.03. The van der Waals surface area contributed by atoms with Gasteiger partial charge in [-0.1, -0.05) is 30.3 Å². The molecule has 1 aliphatic rings.